The zero-order valence-corrected chi connectivity index (χ0v) is 10.3. The van der Waals surface area contributed by atoms with E-state index in [2.05, 4.69) is 38.5 Å². The molecule has 0 aliphatic carbocycles. The highest BCUT2D eigenvalue weighted by molar-refractivity contribution is 6.53. The fourth-order valence-electron chi connectivity index (χ4n) is 2.39. The standard InChI is InChI=1S/C13H19BNO/c1-9-8-15-5-4-10-6-13(16-3)12(14-2)7-11(9)10/h6-7,9,15H,4-5,8H2,1-3H3. The molecular weight excluding hydrogens is 197 g/mol. The van der Waals surface area contributed by atoms with Gasteiger partial charge in [-0.25, -0.2) is 0 Å². The second-order valence-electron chi connectivity index (χ2n) is 4.44. The van der Waals surface area contributed by atoms with E-state index in [9.17, 15) is 0 Å². The lowest BCUT2D eigenvalue weighted by Gasteiger charge is -2.16. The van der Waals surface area contributed by atoms with Crippen molar-refractivity contribution in [3.8, 4) is 5.75 Å². The molecule has 2 nitrogen and oxygen atoms in total. The first-order valence-corrected chi connectivity index (χ1v) is 5.97. The summed E-state index contributed by atoms with van der Waals surface area (Å²) in [6.45, 7) is 6.48. The molecule has 1 unspecified atom stereocenters. The molecule has 0 amide bonds. The second kappa shape index (κ2) is 4.92. The van der Waals surface area contributed by atoms with E-state index in [1.54, 1.807) is 7.11 Å². The molecule has 0 spiro atoms. The van der Waals surface area contributed by atoms with E-state index in [0.29, 0.717) is 5.92 Å². The summed E-state index contributed by atoms with van der Waals surface area (Å²) in [4.78, 5) is 0. The normalized spacial score (nSPS) is 19.8. The quantitative estimate of drug-likeness (QED) is 0.753. The summed E-state index contributed by atoms with van der Waals surface area (Å²) in [6.07, 6.45) is 1.10. The van der Waals surface area contributed by atoms with Crippen LogP contribution in [0.2, 0.25) is 6.82 Å². The summed E-state index contributed by atoms with van der Waals surface area (Å²) in [5.74, 6) is 1.58. The Balaban J connectivity index is 2.47. The van der Waals surface area contributed by atoms with Gasteiger partial charge in [0, 0.05) is 6.54 Å². The average molecular weight is 216 g/mol. The van der Waals surface area contributed by atoms with Crippen LogP contribution in [0, 0.1) is 0 Å². The second-order valence-corrected chi connectivity index (χ2v) is 4.44. The molecule has 16 heavy (non-hydrogen) atoms. The number of ether oxygens (including phenoxy) is 1. The highest BCUT2D eigenvalue weighted by Crippen LogP contribution is 2.24. The fourth-order valence-corrected chi connectivity index (χ4v) is 2.39. The number of fused-ring (bicyclic) bond motifs is 1. The number of nitrogens with one attached hydrogen (secondary N) is 1. The molecule has 85 valence electrons. The molecule has 1 heterocycles. The van der Waals surface area contributed by atoms with E-state index in [-0.39, 0.29) is 0 Å². The van der Waals surface area contributed by atoms with Gasteiger partial charge >= 0.3 is 0 Å². The molecule has 0 aromatic heterocycles. The van der Waals surface area contributed by atoms with Gasteiger partial charge in [-0.05, 0) is 41.5 Å². The minimum atomic E-state index is 0.585. The van der Waals surface area contributed by atoms with Crippen molar-refractivity contribution in [1.29, 1.82) is 0 Å². The van der Waals surface area contributed by atoms with Crippen LogP contribution in [0.4, 0.5) is 0 Å². The lowest BCUT2D eigenvalue weighted by Crippen LogP contribution is -2.19. The third kappa shape index (κ3) is 2.10. The van der Waals surface area contributed by atoms with Crippen LogP contribution in [0.15, 0.2) is 12.1 Å². The van der Waals surface area contributed by atoms with Crippen LogP contribution in [0.5, 0.6) is 5.75 Å². The van der Waals surface area contributed by atoms with Crippen LogP contribution in [0.25, 0.3) is 0 Å². The number of benzene rings is 1. The summed E-state index contributed by atoms with van der Waals surface area (Å²) >= 11 is 0. The number of hydrogen-bond donors (Lipinski definition) is 1. The monoisotopic (exact) mass is 216 g/mol. The van der Waals surface area contributed by atoms with E-state index in [0.717, 1.165) is 25.3 Å². The van der Waals surface area contributed by atoms with Crippen molar-refractivity contribution in [3.05, 3.63) is 23.3 Å². The Kier molecular flexibility index (Phi) is 3.54. The van der Waals surface area contributed by atoms with Crippen molar-refractivity contribution in [2.24, 2.45) is 0 Å². The average Bonchev–Trinajstić information content (AvgIpc) is 2.49. The van der Waals surface area contributed by atoms with Crippen molar-refractivity contribution < 1.29 is 4.74 Å². The molecular formula is C13H19BNO. The summed E-state index contributed by atoms with van der Waals surface area (Å²) < 4.78 is 5.43. The maximum Gasteiger partial charge on any atom is 0.153 e. The first-order valence-electron chi connectivity index (χ1n) is 5.97. The van der Waals surface area contributed by atoms with Crippen LogP contribution >= 0.6 is 0 Å². The minimum absolute atomic E-state index is 0.585. The van der Waals surface area contributed by atoms with Crippen LogP contribution in [0.1, 0.15) is 24.0 Å². The Hall–Kier alpha value is -0.955. The molecule has 1 aliphatic heterocycles. The Morgan fingerprint density at radius 2 is 2.25 bits per heavy atom. The summed E-state index contributed by atoms with van der Waals surface area (Å²) in [6, 6.07) is 4.49. The molecule has 0 bridgehead atoms. The van der Waals surface area contributed by atoms with Gasteiger partial charge in [0.25, 0.3) is 0 Å². The Bertz CT molecular complexity index is 378. The van der Waals surface area contributed by atoms with Gasteiger partial charge in [-0.2, -0.15) is 0 Å². The molecule has 1 atom stereocenters. The minimum Gasteiger partial charge on any atom is -0.497 e. The largest absolute Gasteiger partial charge is 0.497 e. The highest BCUT2D eigenvalue weighted by Gasteiger charge is 2.17. The molecule has 1 radical (unpaired) electrons. The van der Waals surface area contributed by atoms with Gasteiger partial charge in [0.2, 0.25) is 0 Å². The van der Waals surface area contributed by atoms with Crippen molar-refractivity contribution in [2.45, 2.75) is 26.1 Å². The summed E-state index contributed by atoms with van der Waals surface area (Å²) in [5, 5.41) is 3.47. The third-order valence-electron chi connectivity index (χ3n) is 3.36. The summed E-state index contributed by atoms with van der Waals surface area (Å²) in [5.41, 5.74) is 4.11. The van der Waals surface area contributed by atoms with E-state index < -0.39 is 0 Å². The van der Waals surface area contributed by atoms with E-state index in [4.69, 9.17) is 4.74 Å². The molecule has 2 rings (SSSR count). The molecule has 1 aromatic carbocycles. The molecule has 1 N–H and O–H groups in total. The maximum atomic E-state index is 5.43. The van der Waals surface area contributed by atoms with Crippen LogP contribution < -0.4 is 15.5 Å². The molecule has 3 heteroatoms. The number of methoxy groups -OCH3 is 1. The third-order valence-corrected chi connectivity index (χ3v) is 3.36. The molecule has 1 aromatic rings. The van der Waals surface area contributed by atoms with Crippen molar-refractivity contribution in [2.75, 3.05) is 20.2 Å². The van der Waals surface area contributed by atoms with E-state index >= 15 is 0 Å². The van der Waals surface area contributed by atoms with Gasteiger partial charge in [-0.15, -0.1) is 0 Å². The van der Waals surface area contributed by atoms with Gasteiger partial charge in [0.05, 0.1) is 7.11 Å². The first-order chi connectivity index (χ1) is 7.76. The lowest BCUT2D eigenvalue weighted by molar-refractivity contribution is 0.417. The Morgan fingerprint density at radius 1 is 1.44 bits per heavy atom. The smallest absolute Gasteiger partial charge is 0.153 e. The van der Waals surface area contributed by atoms with Crippen molar-refractivity contribution in [3.63, 3.8) is 0 Å². The molecule has 1 aliphatic rings. The van der Waals surface area contributed by atoms with Crippen molar-refractivity contribution >= 4 is 12.7 Å². The van der Waals surface area contributed by atoms with Gasteiger partial charge in [0.15, 0.2) is 7.28 Å². The molecule has 0 fully saturated rings. The highest BCUT2D eigenvalue weighted by atomic mass is 16.5. The summed E-state index contributed by atoms with van der Waals surface area (Å²) in [7, 11) is 3.86. The van der Waals surface area contributed by atoms with Gasteiger partial charge < -0.3 is 10.1 Å². The SMILES string of the molecule is C[B]c1cc2c(cc1OC)CCNCC2C. The zero-order chi connectivity index (χ0) is 11.5. The maximum absolute atomic E-state index is 5.43. The lowest BCUT2D eigenvalue weighted by atomic mass is 9.71. The Morgan fingerprint density at radius 3 is 2.94 bits per heavy atom. The van der Waals surface area contributed by atoms with Gasteiger partial charge in [0.1, 0.15) is 5.75 Å². The topological polar surface area (TPSA) is 21.3 Å². The number of hydrogen-bond acceptors (Lipinski definition) is 2. The van der Waals surface area contributed by atoms with Gasteiger partial charge in [-0.1, -0.05) is 19.8 Å². The first kappa shape index (κ1) is 11.5. The fraction of sp³-hybridized carbons (Fsp3) is 0.538. The van der Waals surface area contributed by atoms with Crippen LogP contribution in [-0.4, -0.2) is 27.5 Å². The van der Waals surface area contributed by atoms with Crippen LogP contribution in [-0.2, 0) is 6.42 Å². The van der Waals surface area contributed by atoms with Gasteiger partial charge in [-0.3, -0.25) is 0 Å². The zero-order valence-electron chi connectivity index (χ0n) is 10.3. The van der Waals surface area contributed by atoms with E-state index in [1.807, 2.05) is 0 Å². The predicted octanol–water partition coefficient (Wildman–Crippen LogP) is 1.32. The van der Waals surface area contributed by atoms with Crippen LogP contribution in [0.3, 0.4) is 0 Å². The Labute approximate surface area is 98.6 Å². The molecule has 0 saturated carbocycles. The number of rotatable bonds is 2. The molecule has 0 saturated heterocycles. The van der Waals surface area contributed by atoms with E-state index in [1.165, 1.54) is 16.6 Å². The van der Waals surface area contributed by atoms with Crippen molar-refractivity contribution in [1.82, 2.24) is 5.32 Å². The predicted molar refractivity (Wildman–Crippen MR) is 69.2 cm³/mol.